The molecule has 1 aromatic heterocycles. The molecule has 0 atom stereocenters. The summed E-state index contributed by atoms with van der Waals surface area (Å²) in [6, 6.07) is 15.9. The molecule has 0 saturated heterocycles. The predicted molar refractivity (Wildman–Crippen MR) is 82.9 cm³/mol. The fourth-order valence-electron chi connectivity index (χ4n) is 2.43. The Morgan fingerprint density at radius 1 is 1.14 bits per heavy atom. The van der Waals surface area contributed by atoms with Crippen molar-refractivity contribution in [1.82, 2.24) is 5.32 Å². The van der Waals surface area contributed by atoms with Gasteiger partial charge in [0.25, 0.3) is 0 Å². The third kappa shape index (κ3) is 3.14. The van der Waals surface area contributed by atoms with Crippen LogP contribution in [0, 0.1) is 6.92 Å². The summed E-state index contributed by atoms with van der Waals surface area (Å²) in [6.07, 6.45) is 2.00. The SMILES string of the molecule is Cc1cccc(CNC(=O)Cc2coc3ccccc23)c1. The van der Waals surface area contributed by atoms with Crippen LogP contribution in [0.25, 0.3) is 11.0 Å². The van der Waals surface area contributed by atoms with Crippen molar-refractivity contribution < 1.29 is 9.21 Å². The fraction of sp³-hybridized carbons (Fsp3) is 0.167. The average molecular weight is 279 g/mol. The number of hydrogen-bond acceptors (Lipinski definition) is 2. The van der Waals surface area contributed by atoms with E-state index in [0.29, 0.717) is 13.0 Å². The smallest absolute Gasteiger partial charge is 0.224 e. The lowest BCUT2D eigenvalue weighted by molar-refractivity contribution is -0.120. The molecule has 21 heavy (non-hydrogen) atoms. The number of furan rings is 1. The van der Waals surface area contributed by atoms with Crippen molar-refractivity contribution in [2.45, 2.75) is 19.9 Å². The number of nitrogens with one attached hydrogen (secondary N) is 1. The van der Waals surface area contributed by atoms with Crippen LogP contribution in [-0.4, -0.2) is 5.91 Å². The van der Waals surface area contributed by atoms with Gasteiger partial charge in [0.2, 0.25) is 5.91 Å². The fourth-order valence-corrected chi connectivity index (χ4v) is 2.43. The van der Waals surface area contributed by atoms with Crippen molar-refractivity contribution in [2.24, 2.45) is 0 Å². The molecule has 0 spiro atoms. The van der Waals surface area contributed by atoms with Gasteiger partial charge in [0, 0.05) is 17.5 Å². The van der Waals surface area contributed by atoms with Crippen LogP contribution in [0.3, 0.4) is 0 Å². The molecule has 0 bridgehead atoms. The van der Waals surface area contributed by atoms with Crippen LogP contribution in [0.4, 0.5) is 0 Å². The number of aryl methyl sites for hydroxylation is 1. The summed E-state index contributed by atoms with van der Waals surface area (Å²) in [6.45, 7) is 2.60. The van der Waals surface area contributed by atoms with E-state index in [4.69, 9.17) is 4.42 Å². The maximum absolute atomic E-state index is 12.1. The zero-order chi connectivity index (χ0) is 14.7. The first-order chi connectivity index (χ1) is 10.2. The molecule has 0 fully saturated rings. The number of fused-ring (bicyclic) bond motifs is 1. The lowest BCUT2D eigenvalue weighted by Gasteiger charge is -2.05. The molecule has 1 N–H and O–H groups in total. The van der Waals surface area contributed by atoms with Crippen molar-refractivity contribution in [2.75, 3.05) is 0 Å². The summed E-state index contributed by atoms with van der Waals surface area (Å²) in [5.41, 5.74) is 4.05. The van der Waals surface area contributed by atoms with Crippen molar-refractivity contribution in [3.63, 3.8) is 0 Å². The third-order valence-electron chi connectivity index (χ3n) is 3.48. The second kappa shape index (κ2) is 5.83. The highest BCUT2D eigenvalue weighted by molar-refractivity contribution is 5.87. The number of benzene rings is 2. The molecule has 0 saturated carbocycles. The summed E-state index contributed by atoms with van der Waals surface area (Å²) in [5, 5.41) is 3.95. The van der Waals surface area contributed by atoms with E-state index in [0.717, 1.165) is 22.1 Å². The first kappa shape index (κ1) is 13.4. The Hall–Kier alpha value is -2.55. The molecule has 0 unspecified atom stereocenters. The summed E-state index contributed by atoms with van der Waals surface area (Å²) < 4.78 is 5.45. The van der Waals surface area contributed by atoms with Gasteiger partial charge >= 0.3 is 0 Å². The summed E-state index contributed by atoms with van der Waals surface area (Å²) in [7, 11) is 0. The van der Waals surface area contributed by atoms with Crippen LogP contribution in [0.2, 0.25) is 0 Å². The number of carbonyl (C=O) groups excluding carboxylic acids is 1. The Kier molecular flexibility index (Phi) is 3.73. The molecule has 0 radical (unpaired) electrons. The van der Waals surface area contributed by atoms with Crippen LogP contribution >= 0.6 is 0 Å². The van der Waals surface area contributed by atoms with E-state index in [1.807, 2.05) is 49.4 Å². The van der Waals surface area contributed by atoms with Gasteiger partial charge in [0.1, 0.15) is 5.58 Å². The zero-order valence-corrected chi connectivity index (χ0v) is 11.9. The van der Waals surface area contributed by atoms with Gasteiger partial charge in [-0.25, -0.2) is 0 Å². The monoisotopic (exact) mass is 279 g/mol. The summed E-state index contributed by atoms with van der Waals surface area (Å²) in [4.78, 5) is 12.1. The minimum Gasteiger partial charge on any atom is -0.464 e. The summed E-state index contributed by atoms with van der Waals surface area (Å²) in [5.74, 6) is 0.00283. The van der Waals surface area contributed by atoms with Crippen molar-refractivity contribution in [3.05, 3.63) is 71.5 Å². The van der Waals surface area contributed by atoms with Crippen LogP contribution in [0.1, 0.15) is 16.7 Å². The normalized spacial score (nSPS) is 10.7. The quantitative estimate of drug-likeness (QED) is 0.793. The van der Waals surface area contributed by atoms with E-state index < -0.39 is 0 Å². The van der Waals surface area contributed by atoms with E-state index in [-0.39, 0.29) is 5.91 Å². The molecular weight excluding hydrogens is 262 g/mol. The van der Waals surface area contributed by atoms with E-state index in [1.165, 1.54) is 5.56 Å². The molecule has 106 valence electrons. The Bertz CT molecular complexity index is 773. The Morgan fingerprint density at radius 3 is 2.86 bits per heavy atom. The molecule has 3 nitrogen and oxygen atoms in total. The van der Waals surface area contributed by atoms with Crippen molar-refractivity contribution in [3.8, 4) is 0 Å². The van der Waals surface area contributed by atoms with Gasteiger partial charge in [-0.05, 0) is 18.6 Å². The first-order valence-corrected chi connectivity index (χ1v) is 7.00. The molecule has 3 heteroatoms. The van der Waals surface area contributed by atoms with Crippen molar-refractivity contribution >= 4 is 16.9 Å². The van der Waals surface area contributed by atoms with Crippen LogP contribution in [0.15, 0.2) is 59.2 Å². The zero-order valence-electron chi connectivity index (χ0n) is 11.9. The van der Waals surface area contributed by atoms with Gasteiger partial charge < -0.3 is 9.73 Å². The molecular formula is C18H17NO2. The van der Waals surface area contributed by atoms with Crippen LogP contribution < -0.4 is 5.32 Å². The molecule has 0 aliphatic heterocycles. The first-order valence-electron chi connectivity index (χ1n) is 7.00. The molecule has 2 aromatic carbocycles. The number of rotatable bonds is 4. The van der Waals surface area contributed by atoms with Crippen LogP contribution in [0.5, 0.6) is 0 Å². The minimum absolute atomic E-state index is 0.00283. The topological polar surface area (TPSA) is 42.2 Å². The number of carbonyl (C=O) groups is 1. The minimum atomic E-state index is 0.00283. The molecule has 0 aliphatic rings. The predicted octanol–water partition coefficient (Wildman–Crippen LogP) is 3.60. The molecule has 0 aliphatic carbocycles. The number of hydrogen-bond donors (Lipinski definition) is 1. The molecule has 3 rings (SSSR count). The highest BCUT2D eigenvalue weighted by atomic mass is 16.3. The Balaban J connectivity index is 1.64. The molecule has 3 aromatic rings. The third-order valence-corrected chi connectivity index (χ3v) is 3.48. The average Bonchev–Trinajstić information content (AvgIpc) is 2.89. The molecule has 1 heterocycles. The van der Waals surface area contributed by atoms with Gasteiger partial charge in [-0.2, -0.15) is 0 Å². The number of amides is 1. The van der Waals surface area contributed by atoms with E-state index >= 15 is 0 Å². The van der Waals surface area contributed by atoms with Crippen molar-refractivity contribution in [1.29, 1.82) is 0 Å². The maximum Gasteiger partial charge on any atom is 0.224 e. The van der Waals surface area contributed by atoms with E-state index in [9.17, 15) is 4.79 Å². The number of para-hydroxylation sites is 1. The van der Waals surface area contributed by atoms with Gasteiger partial charge in [-0.15, -0.1) is 0 Å². The highest BCUT2D eigenvalue weighted by Gasteiger charge is 2.09. The largest absolute Gasteiger partial charge is 0.464 e. The maximum atomic E-state index is 12.1. The second-order valence-corrected chi connectivity index (χ2v) is 5.20. The van der Waals surface area contributed by atoms with Crippen LogP contribution in [-0.2, 0) is 17.8 Å². The van der Waals surface area contributed by atoms with Gasteiger partial charge in [-0.3, -0.25) is 4.79 Å². The standard InChI is InChI=1S/C18H17NO2/c1-13-5-4-6-14(9-13)11-19-18(20)10-15-12-21-17-8-3-2-7-16(15)17/h2-9,12H,10-11H2,1H3,(H,19,20). The second-order valence-electron chi connectivity index (χ2n) is 5.20. The van der Waals surface area contributed by atoms with E-state index in [2.05, 4.69) is 11.4 Å². The van der Waals surface area contributed by atoms with Gasteiger partial charge in [0.05, 0.1) is 12.7 Å². The molecule has 1 amide bonds. The van der Waals surface area contributed by atoms with Gasteiger partial charge in [-0.1, -0.05) is 48.0 Å². The Morgan fingerprint density at radius 2 is 2.00 bits per heavy atom. The lowest BCUT2D eigenvalue weighted by atomic mass is 10.1. The summed E-state index contributed by atoms with van der Waals surface area (Å²) >= 11 is 0. The highest BCUT2D eigenvalue weighted by Crippen LogP contribution is 2.20. The van der Waals surface area contributed by atoms with Gasteiger partial charge in [0.15, 0.2) is 0 Å². The van der Waals surface area contributed by atoms with E-state index in [1.54, 1.807) is 6.26 Å². The Labute approximate surface area is 123 Å². The lowest BCUT2D eigenvalue weighted by Crippen LogP contribution is -2.24.